The number of pyridine rings is 1. The Hall–Kier alpha value is -0.610. The van der Waals surface area contributed by atoms with Crippen molar-refractivity contribution in [3.63, 3.8) is 0 Å². The lowest BCUT2D eigenvalue weighted by Gasteiger charge is -2.19. The van der Waals surface area contributed by atoms with E-state index in [1.165, 1.54) is 0 Å². The summed E-state index contributed by atoms with van der Waals surface area (Å²) in [5.41, 5.74) is 8.79. The van der Waals surface area contributed by atoms with E-state index in [9.17, 15) is 0 Å². The number of nitrogen functional groups attached to an aromatic ring is 1. The highest BCUT2D eigenvalue weighted by Gasteiger charge is 2.18. The van der Waals surface area contributed by atoms with Crippen LogP contribution < -0.4 is 5.73 Å². The molecule has 17 heavy (non-hydrogen) atoms. The standard InChI is InChI=1S/C13H14Br2N2/c1-13(2,3)11-6-10(16)8-4-7(14)5-9(15)12(8)17-11/h4-6H,1-3H3,(H2,16,17). The normalized spacial score (nSPS) is 12.1. The van der Waals surface area contributed by atoms with Crippen molar-refractivity contribution in [1.82, 2.24) is 4.98 Å². The van der Waals surface area contributed by atoms with Crippen LogP contribution in [0.5, 0.6) is 0 Å². The fourth-order valence-corrected chi connectivity index (χ4v) is 2.98. The van der Waals surface area contributed by atoms with Gasteiger partial charge >= 0.3 is 0 Å². The summed E-state index contributed by atoms with van der Waals surface area (Å²) in [6.07, 6.45) is 0. The van der Waals surface area contributed by atoms with Crippen molar-refractivity contribution in [3.8, 4) is 0 Å². The molecule has 0 aliphatic carbocycles. The van der Waals surface area contributed by atoms with Crippen LogP contribution in [0.3, 0.4) is 0 Å². The number of anilines is 1. The van der Waals surface area contributed by atoms with E-state index < -0.39 is 0 Å². The molecule has 0 bridgehead atoms. The van der Waals surface area contributed by atoms with Crippen molar-refractivity contribution < 1.29 is 0 Å². The zero-order valence-electron chi connectivity index (χ0n) is 10.0. The molecule has 0 aliphatic heterocycles. The van der Waals surface area contributed by atoms with Gasteiger partial charge in [0.1, 0.15) is 0 Å². The van der Waals surface area contributed by atoms with Gasteiger partial charge in [-0.15, -0.1) is 0 Å². The average Bonchev–Trinajstić information content (AvgIpc) is 2.17. The minimum atomic E-state index is -0.00514. The molecule has 0 amide bonds. The van der Waals surface area contributed by atoms with Gasteiger partial charge in [-0.2, -0.15) is 0 Å². The van der Waals surface area contributed by atoms with E-state index in [0.29, 0.717) is 0 Å². The van der Waals surface area contributed by atoms with E-state index in [4.69, 9.17) is 10.7 Å². The van der Waals surface area contributed by atoms with Crippen LogP contribution in [0, 0.1) is 0 Å². The Labute approximate surface area is 118 Å². The predicted molar refractivity (Wildman–Crippen MR) is 80.3 cm³/mol. The highest BCUT2D eigenvalue weighted by Crippen LogP contribution is 2.33. The number of nitrogens with two attached hydrogens (primary N) is 1. The van der Waals surface area contributed by atoms with Gasteiger partial charge in [0.2, 0.25) is 0 Å². The van der Waals surface area contributed by atoms with Crippen LogP contribution in [-0.4, -0.2) is 4.98 Å². The molecular weight excluding hydrogens is 344 g/mol. The lowest BCUT2D eigenvalue weighted by Crippen LogP contribution is -2.14. The minimum absolute atomic E-state index is 0.00514. The van der Waals surface area contributed by atoms with Gasteiger partial charge in [0, 0.05) is 31.1 Å². The van der Waals surface area contributed by atoms with Crippen LogP contribution in [0.25, 0.3) is 10.9 Å². The molecule has 0 unspecified atom stereocenters. The van der Waals surface area contributed by atoms with Crippen LogP contribution in [0.2, 0.25) is 0 Å². The van der Waals surface area contributed by atoms with Crippen molar-refractivity contribution in [2.75, 3.05) is 5.73 Å². The van der Waals surface area contributed by atoms with Crippen molar-refractivity contribution in [2.45, 2.75) is 26.2 Å². The maximum absolute atomic E-state index is 6.11. The van der Waals surface area contributed by atoms with Crippen LogP contribution in [0.15, 0.2) is 27.1 Å². The number of hydrogen-bond acceptors (Lipinski definition) is 2. The molecule has 2 nitrogen and oxygen atoms in total. The van der Waals surface area contributed by atoms with Crippen LogP contribution in [-0.2, 0) is 5.41 Å². The molecule has 0 radical (unpaired) electrons. The molecule has 2 aromatic rings. The molecule has 2 N–H and O–H groups in total. The quantitative estimate of drug-likeness (QED) is 0.745. The second-order valence-corrected chi connectivity index (χ2v) is 6.90. The Bertz CT molecular complexity index is 586. The molecule has 4 heteroatoms. The van der Waals surface area contributed by atoms with Crippen molar-refractivity contribution in [2.24, 2.45) is 0 Å². The first-order valence-electron chi connectivity index (χ1n) is 5.35. The van der Waals surface area contributed by atoms with Gasteiger partial charge in [-0.25, -0.2) is 0 Å². The minimum Gasteiger partial charge on any atom is -0.398 e. The first-order chi connectivity index (χ1) is 7.79. The van der Waals surface area contributed by atoms with Gasteiger partial charge in [0.25, 0.3) is 0 Å². The second kappa shape index (κ2) is 4.25. The summed E-state index contributed by atoms with van der Waals surface area (Å²) in [5.74, 6) is 0. The molecular formula is C13H14Br2N2. The Kier molecular flexibility index (Phi) is 3.21. The van der Waals surface area contributed by atoms with Crippen molar-refractivity contribution >= 4 is 48.5 Å². The fraction of sp³-hybridized carbons (Fsp3) is 0.308. The summed E-state index contributed by atoms with van der Waals surface area (Å²) in [4.78, 5) is 4.70. The van der Waals surface area contributed by atoms with Crippen LogP contribution >= 0.6 is 31.9 Å². The smallest absolute Gasteiger partial charge is 0.0868 e. The predicted octanol–water partition coefficient (Wildman–Crippen LogP) is 4.64. The molecule has 0 saturated carbocycles. The molecule has 1 aromatic heterocycles. The van der Waals surface area contributed by atoms with E-state index >= 15 is 0 Å². The highest BCUT2D eigenvalue weighted by molar-refractivity contribution is 9.11. The monoisotopic (exact) mass is 356 g/mol. The zero-order valence-corrected chi connectivity index (χ0v) is 13.2. The zero-order chi connectivity index (χ0) is 12.8. The Morgan fingerprint density at radius 2 is 1.76 bits per heavy atom. The third-order valence-corrected chi connectivity index (χ3v) is 3.69. The number of benzene rings is 1. The molecule has 0 fully saturated rings. The highest BCUT2D eigenvalue weighted by atomic mass is 79.9. The van der Waals surface area contributed by atoms with Gasteiger partial charge in [-0.1, -0.05) is 36.7 Å². The van der Waals surface area contributed by atoms with Gasteiger partial charge in [0.05, 0.1) is 5.52 Å². The Morgan fingerprint density at radius 3 is 2.35 bits per heavy atom. The number of nitrogens with zero attached hydrogens (tertiary/aromatic N) is 1. The lowest BCUT2D eigenvalue weighted by atomic mass is 9.91. The maximum atomic E-state index is 6.11. The summed E-state index contributed by atoms with van der Waals surface area (Å²) in [6.45, 7) is 6.40. The number of halogens is 2. The molecule has 0 atom stereocenters. The first-order valence-corrected chi connectivity index (χ1v) is 6.93. The number of rotatable bonds is 0. The van der Waals surface area contributed by atoms with Crippen molar-refractivity contribution in [3.05, 3.63) is 32.8 Å². The third-order valence-electron chi connectivity index (χ3n) is 2.63. The van der Waals surface area contributed by atoms with E-state index in [1.807, 2.05) is 18.2 Å². The van der Waals surface area contributed by atoms with E-state index in [-0.39, 0.29) is 5.41 Å². The molecule has 0 aliphatic rings. The molecule has 2 rings (SSSR count). The topological polar surface area (TPSA) is 38.9 Å². The lowest BCUT2D eigenvalue weighted by molar-refractivity contribution is 0.572. The van der Waals surface area contributed by atoms with Crippen LogP contribution in [0.1, 0.15) is 26.5 Å². The number of fused-ring (bicyclic) bond motifs is 1. The fourth-order valence-electron chi connectivity index (χ4n) is 1.66. The molecule has 1 heterocycles. The van der Waals surface area contributed by atoms with Gasteiger partial charge < -0.3 is 5.73 Å². The summed E-state index contributed by atoms with van der Waals surface area (Å²) >= 11 is 7.00. The van der Waals surface area contributed by atoms with Gasteiger partial charge in [-0.3, -0.25) is 4.98 Å². The van der Waals surface area contributed by atoms with E-state index in [1.54, 1.807) is 0 Å². The maximum Gasteiger partial charge on any atom is 0.0868 e. The molecule has 1 aromatic carbocycles. The summed E-state index contributed by atoms with van der Waals surface area (Å²) in [7, 11) is 0. The summed E-state index contributed by atoms with van der Waals surface area (Å²) in [5, 5.41) is 0.972. The Morgan fingerprint density at radius 1 is 1.12 bits per heavy atom. The van der Waals surface area contributed by atoms with Gasteiger partial charge in [-0.05, 0) is 34.1 Å². The first kappa shape index (κ1) is 12.8. The molecule has 0 spiro atoms. The summed E-state index contributed by atoms with van der Waals surface area (Å²) in [6, 6.07) is 5.94. The van der Waals surface area contributed by atoms with E-state index in [2.05, 4.69) is 52.6 Å². The van der Waals surface area contributed by atoms with Gasteiger partial charge in [0.15, 0.2) is 0 Å². The molecule has 90 valence electrons. The number of aromatic nitrogens is 1. The largest absolute Gasteiger partial charge is 0.398 e. The average molecular weight is 358 g/mol. The van der Waals surface area contributed by atoms with Crippen molar-refractivity contribution in [1.29, 1.82) is 0 Å². The third kappa shape index (κ3) is 2.47. The SMILES string of the molecule is CC(C)(C)c1cc(N)c2cc(Br)cc(Br)c2n1. The number of hydrogen-bond donors (Lipinski definition) is 1. The van der Waals surface area contributed by atoms with Crippen LogP contribution in [0.4, 0.5) is 5.69 Å². The van der Waals surface area contributed by atoms with E-state index in [0.717, 1.165) is 31.2 Å². The Balaban J connectivity index is 2.83. The summed E-state index contributed by atoms with van der Waals surface area (Å²) < 4.78 is 1.95. The second-order valence-electron chi connectivity index (χ2n) is 5.13. The molecule has 0 saturated heterocycles.